The van der Waals surface area contributed by atoms with Crippen LogP contribution in [-0.2, 0) is 14.3 Å². The summed E-state index contributed by atoms with van der Waals surface area (Å²) in [6.07, 6.45) is 1.73. The van der Waals surface area contributed by atoms with Crippen LogP contribution < -0.4 is 15.4 Å². The first kappa shape index (κ1) is 17.3. The van der Waals surface area contributed by atoms with Crippen molar-refractivity contribution in [3.63, 3.8) is 0 Å². The highest BCUT2D eigenvalue weighted by Crippen LogP contribution is 2.33. The molecule has 6 nitrogen and oxygen atoms in total. The van der Waals surface area contributed by atoms with Gasteiger partial charge in [-0.3, -0.25) is 9.59 Å². The Morgan fingerprint density at radius 1 is 1.44 bits per heavy atom. The number of carbonyl (C=O) groups excluding carboxylic acids is 2. The van der Waals surface area contributed by atoms with Gasteiger partial charge in [0.05, 0.1) is 23.9 Å². The lowest BCUT2D eigenvalue weighted by atomic mass is 10.0. The largest absolute Gasteiger partial charge is 0.498 e. The topological polar surface area (TPSA) is 76.7 Å². The molecule has 2 amide bonds. The van der Waals surface area contributed by atoms with Crippen LogP contribution in [0.15, 0.2) is 29.5 Å². The number of hydrogen-bond donors (Lipinski definition) is 2. The third kappa shape index (κ3) is 3.62. The molecule has 0 radical (unpaired) electrons. The summed E-state index contributed by atoms with van der Waals surface area (Å²) in [7, 11) is 0. The van der Waals surface area contributed by atoms with Crippen LogP contribution in [-0.4, -0.2) is 24.5 Å². The SMILES string of the molecule is CC[C@H]1Oc2cc([C@@H](C)NC(=O)C3=C(C)OCCC3)ccc2NC1=O. The molecular formula is C19H24N2O4. The van der Waals surface area contributed by atoms with E-state index in [-0.39, 0.29) is 17.9 Å². The molecule has 6 heteroatoms. The summed E-state index contributed by atoms with van der Waals surface area (Å²) in [5, 5.41) is 5.87. The van der Waals surface area contributed by atoms with Gasteiger partial charge in [0.2, 0.25) is 0 Å². The third-order valence-electron chi connectivity index (χ3n) is 4.63. The van der Waals surface area contributed by atoms with Crippen LogP contribution in [0.1, 0.15) is 51.6 Å². The predicted molar refractivity (Wildman–Crippen MR) is 94.2 cm³/mol. The lowest BCUT2D eigenvalue weighted by Gasteiger charge is -2.26. The van der Waals surface area contributed by atoms with E-state index in [1.807, 2.05) is 39.0 Å². The molecule has 25 heavy (non-hydrogen) atoms. The van der Waals surface area contributed by atoms with Crippen LogP contribution in [0.2, 0.25) is 0 Å². The Balaban J connectivity index is 1.74. The lowest BCUT2D eigenvalue weighted by Crippen LogP contribution is -2.36. The molecule has 0 spiro atoms. The highest BCUT2D eigenvalue weighted by Gasteiger charge is 2.27. The Kier molecular flexibility index (Phi) is 4.97. The number of hydrogen-bond acceptors (Lipinski definition) is 4. The zero-order valence-electron chi connectivity index (χ0n) is 14.8. The number of allylic oxidation sites excluding steroid dienone is 1. The average molecular weight is 344 g/mol. The van der Waals surface area contributed by atoms with E-state index in [9.17, 15) is 9.59 Å². The normalized spacial score (nSPS) is 20.8. The zero-order chi connectivity index (χ0) is 18.0. The summed E-state index contributed by atoms with van der Waals surface area (Å²) in [6.45, 7) is 6.34. The average Bonchev–Trinajstić information content (AvgIpc) is 2.60. The van der Waals surface area contributed by atoms with Crippen LogP contribution in [0.3, 0.4) is 0 Å². The van der Waals surface area contributed by atoms with E-state index in [1.54, 1.807) is 0 Å². The molecule has 0 fully saturated rings. The fourth-order valence-corrected chi connectivity index (χ4v) is 3.08. The number of anilines is 1. The Labute approximate surface area is 147 Å². The van der Waals surface area contributed by atoms with Gasteiger partial charge >= 0.3 is 0 Å². The lowest BCUT2D eigenvalue weighted by molar-refractivity contribution is -0.123. The monoisotopic (exact) mass is 344 g/mol. The summed E-state index contributed by atoms with van der Waals surface area (Å²) in [4.78, 5) is 24.3. The Hall–Kier alpha value is -2.50. The van der Waals surface area contributed by atoms with E-state index in [1.165, 1.54) is 0 Å². The van der Waals surface area contributed by atoms with Crippen molar-refractivity contribution in [3.05, 3.63) is 35.1 Å². The van der Waals surface area contributed by atoms with Crippen molar-refractivity contribution >= 4 is 17.5 Å². The molecule has 0 bridgehead atoms. The van der Waals surface area contributed by atoms with Crippen molar-refractivity contribution < 1.29 is 19.1 Å². The van der Waals surface area contributed by atoms with Gasteiger partial charge < -0.3 is 20.1 Å². The van der Waals surface area contributed by atoms with E-state index in [2.05, 4.69) is 10.6 Å². The van der Waals surface area contributed by atoms with Gasteiger partial charge in [-0.05, 0) is 50.8 Å². The summed E-state index contributed by atoms with van der Waals surface area (Å²) in [6, 6.07) is 5.39. The van der Waals surface area contributed by atoms with Crippen molar-refractivity contribution in [2.75, 3.05) is 11.9 Å². The number of carbonyl (C=O) groups is 2. The first-order valence-corrected chi connectivity index (χ1v) is 8.74. The van der Waals surface area contributed by atoms with Gasteiger partial charge in [-0.2, -0.15) is 0 Å². The van der Waals surface area contributed by atoms with E-state index in [0.717, 1.165) is 18.4 Å². The minimum atomic E-state index is -0.472. The second-order valence-corrected chi connectivity index (χ2v) is 6.44. The molecule has 2 aliphatic rings. The molecule has 3 rings (SSSR count). The van der Waals surface area contributed by atoms with E-state index in [0.29, 0.717) is 35.8 Å². The molecule has 2 heterocycles. The van der Waals surface area contributed by atoms with Crippen LogP contribution in [0.5, 0.6) is 5.75 Å². The molecular weight excluding hydrogens is 320 g/mol. The van der Waals surface area contributed by atoms with Gasteiger partial charge in [0.1, 0.15) is 11.5 Å². The molecule has 134 valence electrons. The van der Waals surface area contributed by atoms with E-state index < -0.39 is 6.10 Å². The summed E-state index contributed by atoms with van der Waals surface area (Å²) in [5.74, 6) is 1.13. The maximum atomic E-state index is 12.5. The Bertz CT molecular complexity index is 726. The number of ether oxygens (including phenoxy) is 2. The van der Waals surface area contributed by atoms with Crippen molar-refractivity contribution in [2.45, 2.75) is 52.2 Å². The molecule has 2 N–H and O–H groups in total. The zero-order valence-corrected chi connectivity index (χ0v) is 14.8. The fourth-order valence-electron chi connectivity index (χ4n) is 3.08. The van der Waals surface area contributed by atoms with Crippen LogP contribution >= 0.6 is 0 Å². The van der Waals surface area contributed by atoms with Gasteiger partial charge in [-0.15, -0.1) is 0 Å². The van der Waals surface area contributed by atoms with Gasteiger partial charge in [-0.25, -0.2) is 0 Å². The van der Waals surface area contributed by atoms with E-state index >= 15 is 0 Å². The van der Waals surface area contributed by atoms with Crippen molar-refractivity contribution in [1.29, 1.82) is 0 Å². The highest BCUT2D eigenvalue weighted by molar-refractivity contribution is 5.97. The number of benzene rings is 1. The Morgan fingerprint density at radius 3 is 2.96 bits per heavy atom. The van der Waals surface area contributed by atoms with Crippen molar-refractivity contribution in [3.8, 4) is 5.75 Å². The fraction of sp³-hybridized carbons (Fsp3) is 0.474. The highest BCUT2D eigenvalue weighted by atomic mass is 16.5. The third-order valence-corrected chi connectivity index (χ3v) is 4.63. The molecule has 0 aliphatic carbocycles. The molecule has 2 aliphatic heterocycles. The summed E-state index contributed by atoms with van der Waals surface area (Å²) >= 11 is 0. The summed E-state index contributed by atoms with van der Waals surface area (Å²) < 4.78 is 11.2. The summed E-state index contributed by atoms with van der Waals surface area (Å²) in [5.41, 5.74) is 2.30. The molecule has 0 saturated heterocycles. The molecule has 2 atom stereocenters. The second-order valence-electron chi connectivity index (χ2n) is 6.44. The van der Waals surface area contributed by atoms with Gasteiger partial charge in [0, 0.05) is 0 Å². The number of fused-ring (bicyclic) bond motifs is 1. The standard InChI is InChI=1S/C19H24N2O4/c1-4-16-19(23)21-15-8-7-13(10-17(15)25-16)11(2)20-18(22)14-6-5-9-24-12(14)3/h7-8,10-11,16H,4-6,9H2,1-3H3,(H,20,22)(H,21,23)/t11-,16-/m1/s1. The van der Waals surface area contributed by atoms with Gasteiger partial charge in [0.25, 0.3) is 11.8 Å². The minimum absolute atomic E-state index is 0.0944. The molecule has 0 unspecified atom stereocenters. The molecule has 1 aromatic rings. The maximum Gasteiger partial charge on any atom is 0.265 e. The van der Waals surface area contributed by atoms with Crippen LogP contribution in [0.4, 0.5) is 5.69 Å². The molecule has 1 aromatic carbocycles. The second kappa shape index (κ2) is 7.17. The van der Waals surface area contributed by atoms with Crippen molar-refractivity contribution in [1.82, 2.24) is 5.32 Å². The van der Waals surface area contributed by atoms with E-state index in [4.69, 9.17) is 9.47 Å². The van der Waals surface area contributed by atoms with Crippen molar-refractivity contribution in [2.24, 2.45) is 0 Å². The Morgan fingerprint density at radius 2 is 2.24 bits per heavy atom. The smallest absolute Gasteiger partial charge is 0.265 e. The van der Waals surface area contributed by atoms with Gasteiger partial charge in [0.15, 0.2) is 6.10 Å². The first-order chi connectivity index (χ1) is 12.0. The molecule has 0 aromatic heterocycles. The minimum Gasteiger partial charge on any atom is -0.498 e. The predicted octanol–water partition coefficient (Wildman–Crippen LogP) is 3.06. The molecule has 0 saturated carbocycles. The maximum absolute atomic E-state index is 12.5. The van der Waals surface area contributed by atoms with Crippen LogP contribution in [0, 0.1) is 0 Å². The number of nitrogens with one attached hydrogen (secondary N) is 2. The quantitative estimate of drug-likeness (QED) is 0.880. The van der Waals surface area contributed by atoms with Gasteiger partial charge in [-0.1, -0.05) is 13.0 Å². The van der Waals surface area contributed by atoms with Crippen LogP contribution in [0.25, 0.3) is 0 Å². The number of rotatable bonds is 4. The number of amides is 2. The first-order valence-electron chi connectivity index (χ1n) is 8.74.